The van der Waals surface area contributed by atoms with Crippen LogP contribution in [0, 0.1) is 13.8 Å². The second-order valence-corrected chi connectivity index (χ2v) is 8.25. The first-order valence-corrected chi connectivity index (χ1v) is 8.94. The molecule has 0 heterocycles. The second kappa shape index (κ2) is 8.28. The first kappa shape index (κ1) is 21.6. The molecule has 2 radical (unpaired) electrons. The van der Waals surface area contributed by atoms with E-state index < -0.39 is 10.2 Å². The summed E-state index contributed by atoms with van der Waals surface area (Å²) in [5, 5.41) is 33.4. The topological polar surface area (TPSA) is 105 Å². The van der Waals surface area contributed by atoms with E-state index in [-0.39, 0.29) is 9.98 Å². The monoisotopic (exact) mass is 406 g/mol. The van der Waals surface area contributed by atoms with Gasteiger partial charge in [0, 0.05) is 48.9 Å². The van der Waals surface area contributed by atoms with Gasteiger partial charge in [0.15, 0.2) is 0 Å². The Balaban J connectivity index is 3.14. The standard InChI is InChI=1S/C14H18N2O4S4/c1-7-5-6-8(2)10(12(22)16-24-14(4,19)20)9(7)11(21)15-23-13(3,17)18/h5-6,17-20H,1-2H2,3-4H3,(H,15,21)(H,16,22). The average Bonchev–Trinajstić information content (AvgIpc) is 2.42. The minimum Gasteiger partial charge on any atom is -0.356 e. The predicted octanol–water partition coefficient (Wildman–Crippen LogP) is 1.19. The molecule has 1 aromatic rings. The van der Waals surface area contributed by atoms with Crippen LogP contribution >= 0.6 is 48.3 Å². The lowest BCUT2D eigenvalue weighted by atomic mass is 9.97. The predicted molar refractivity (Wildman–Crippen MR) is 106 cm³/mol. The van der Waals surface area contributed by atoms with Gasteiger partial charge in [-0.1, -0.05) is 36.6 Å². The van der Waals surface area contributed by atoms with E-state index in [1.807, 2.05) is 0 Å². The molecule has 24 heavy (non-hydrogen) atoms. The molecule has 0 aliphatic rings. The van der Waals surface area contributed by atoms with E-state index >= 15 is 0 Å². The fourth-order valence-electron chi connectivity index (χ4n) is 1.60. The fourth-order valence-corrected chi connectivity index (χ4v) is 3.09. The number of benzene rings is 1. The van der Waals surface area contributed by atoms with Gasteiger partial charge in [-0.05, 0) is 25.0 Å². The maximum Gasteiger partial charge on any atom is 0.229 e. The third kappa shape index (κ3) is 6.81. The molecule has 0 saturated heterocycles. The second-order valence-electron chi connectivity index (χ2n) is 5.07. The lowest BCUT2D eigenvalue weighted by Gasteiger charge is -2.22. The molecule has 0 aliphatic heterocycles. The summed E-state index contributed by atoms with van der Waals surface area (Å²) < 4.78 is 5.32. The summed E-state index contributed by atoms with van der Waals surface area (Å²) in [5.74, 6) is 0. The van der Waals surface area contributed by atoms with E-state index in [0.717, 1.165) is 0 Å². The summed E-state index contributed by atoms with van der Waals surface area (Å²) >= 11 is 11.8. The van der Waals surface area contributed by atoms with Gasteiger partial charge in [0.25, 0.3) is 0 Å². The average molecular weight is 407 g/mol. The number of hydrogen-bond donors (Lipinski definition) is 6. The lowest BCUT2D eigenvalue weighted by molar-refractivity contribution is -0.0600. The van der Waals surface area contributed by atoms with E-state index in [1.165, 1.54) is 13.8 Å². The van der Waals surface area contributed by atoms with Gasteiger partial charge in [-0.25, -0.2) is 0 Å². The van der Waals surface area contributed by atoms with Crippen LogP contribution in [0.2, 0.25) is 0 Å². The quantitative estimate of drug-likeness (QED) is 0.234. The molecule has 0 atom stereocenters. The van der Waals surface area contributed by atoms with Crippen LogP contribution in [0.15, 0.2) is 12.1 Å². The highest BCUT2D eigenvalue weighted by Crippen LogP contribution is 2.24. The Morgan fingerprint density at radius 1 is 0.875 bits per heavy atom. The van der Waals surface area contributed by atoms with Crippen LogP contribution in [0.25, 0.3) is 0 Å². The number of aliphatic hydroxyl groups is 4. The summed E-state index contributed by atoms with van der Waals surface area (Å²) in [4.78, 5) is 0.370. The van der Waals surface area contributed by atoms with E-state index in [4.69, 9.17) is 24.4 Å². The summed E-state index contributed by atoms with van der Waals surface area (Å²) in [6.45, 7) is 10.2. The molecule has 0 fully saturated rings. The van der Waals surface area contributed by atoms with Crippen LogP contribution in [-0.4, -0.2) is 40.6 Å². The Labute approximate surface area is 160 Å². The molecule has 10 heteroatoms. The van der Waals surface area contributed by atoms with Crippen molar-refractivity contribution in [3.8, 4) is 0 Å². The maximum absolute atomic E-state index is 9.36. The molecular weight excluding hydrogens is 388 g/mol. The van der Waals surface area contributed by atoms with Gasteiger partial charge in [-0.3, -0.25) is 0 Å². The summed E-state index contributed by atoms with van der Waals surface area (Å²) in [5.41, 5.74) is 2.03. The van der Waals surface area contributed by atoms with Crippen LogP contribution in [0.3, 0.4) is 0 Å². The molecule has 0 aliphatic carbocycles. The third-order valence-electron chi connectivity index (χ3n) is 2.51. The third-order valence-corrected chi connectivity index (χ3v) is 4.76. The Hall–Kier alpha value is -0.460. The van der Waals surface area contributed by atoms with Crippen molar-refractivity contribution in [2.45, 2.75) is 24.1 Å². The fraction of sp³-hybridized carbons (Fsp3) is 0.286. The van der Waals surface area contributed by atoms with Crippen molar-refractivity contribution in [1.82, 2.24) is 9.44 Å². The zero-order valence-corrected chi connectivity index (χ0v) is 16.3. The molecule has 0 bridgehead atoms. The lowest BCUT2D eigenvalue weighted by Crippen LogP contribution is -2.31. The van der Waals surface area contributed by atoms with Gasteiger partial charge in [-0.2, -0.15) is 0 Å². The van der Waals surface area contributed by atoms with Crippen molar-refractivity contribution >= 4 is 58.3 Å². The first-order valence-electron chi connectivity index (χ1n) is 6.49. The van der Waals surface area contributed by atoms with Crippen LogP contribution in [0.1, 0.15) is 36.1 Å². The highest BCUT2D eigenvalue weighted by atomic mass is 32.2. The Kier molecular flexibility index (Phi) is 7.45. The summed E-state index contributed by atoms with van der Waals surface area (Å²) in [6, 6.07) is 3.41. The van der Waals surface area contributed by atoms with E-state index in [2.05, 4.69) is 23.3 Å². The molecule has 0 amide bonds. The van der Waals surface area contributed by atoms with Gasteiger partial charge in [0.1, 0.15) is 9.98 Å². The Morgan fingerprint density at radius 3 is 1.42 bits per heavy atom. The van der Waals surface area contributed by atoms with Crippen LogP contribution in [0.4, 0.5) is 0 Å². The number of rotatable bonds is 6. The van der Waals surface area contributed by atoms with Crippen molar-refractivity contribution in [3.63, 3.8) is 0 Å². The largest absolute Gasteiger partial charge is 0.356 e. The van der Waals surface area contributed by atoms with Gasteiger partial charge < -0.3 is 29.9 Å². The molecule has 0 saturated carbocycles. The normalized spacial score (nSPS) is 12.0. The molecule has 0 spiro atoms. The minimum atomic E-state index is -2.02. The Bertz CT molecular complexity index is 584. The van der Waals surface area contributed by atoms with Gasteiger partial charge in [-0.15, -0.1) is 0 Å². The summed E-state index contributed by atoms with van der Waals surface area (Å²) in [6.07, 6.45) is 0. The minimum absolute atomic E-state index is 0.185. The van der Waals surface area contributed by atoms with Crippen LogP contribution in [0.5, 0.6) is 0 Å². The van der Waals surface area contributed by atoms with Gasteiger partial charge in [0.2, 0.25) is 10.2 Å². The van der Waals surface area contributed by atoms with Crippen molar-refractivity contribution in [2.75, 3.05) is 0 Å². The SMILES string of the molecule is [CH2]c1ccc([CH2])c(C(=S)NSC(C)(O)O)c1C(=S)NSC(C)(O)O. The molecule has 1 rings (SSSR count). The maximum atomic E-state index is 9.36. The van der Waals surface area contributed by atoms with Crippen molar-refractivity contribution < 1.29 is 20.4 Å². The van der Waals surface area contributed by atoms with E-state index in [9.17, 15) is 20.4 Å². The van der Waals surface area contributed by atoms with Crippen molar-refractivity contribution in [3.05, 3.63) is 48.2 Å². The van der Waals surface area contributed by atoms with Crippen molar-refractivity contribution in [1.29, 1.82) is 0 Å². The van der Waals surface area contributed by atoms with E-state index in [1.54, 1.807) is 12.1 Å². The number of nitrogens with one attached hydrogen (secondary N) is 2. The highest BCUT2D eigenvalue weighted by molar-refractivity contribution is 8.00. The zero-order chi connectivity index (χ0) is 18.7. The zero-order valence-electron chi connectivity index (χ0n) is 13.0. The van der Waals surface area contributed by atoms with Crippen LogP contribution in [-0.2, 0) is 0 Å². The van der Waals surface area contributed by atoms with Crippen LogP contribution < -0.4 is 9.44 Å². The molecule has 132 valence electrons. The first-order chi connectivity index (χ1) is 10.8. The van der Waals surface area contributed by atoms with Crippen molar-refractivity contribution in [2.24, 2.45) is 0 Å². The smallest absolute Gasteiger partial charge is 0.229 e. The molecule has 0 aromatic heterocycles. The van der Waals surface area contributed by atoms with Gasteiger partial charge >= 0.3 is 0 Å². The molecule has 6 N–H and O–H groups in total. The molecular formula is C14H18N2O4S4. The molecule has 0 unspecified atom stereocenters. The molecule has 6 nitrogen and oxygen atoms in total. The number of hydrogen-bond acceptors (Lipinski definition) is 8. The number of thiocarbonyl (C=S) groups is 2. The highest BCUT2D eigenvalue weighted by Gasteiger charge is 2.23. The van der Waals surface area contributed by atoms with E-state index in [0.29, 0.717) is 46.1 Å². The Morgan fingerprint density at radius 2 is 1.17 bits per heavy atom. The molecule has 1 aromatic carbocycles. The van der Waals surface area contributed by atoms with Gasteiger partial charge in [0.05, 0.1) is 0 Å². The summed E-state index contributed by atoms with van der Waals surface area (Å²) in [7, 11) is 0.